The first kappa shape index (κ1) is 19.5. The van der Waals surface area contributed by atoms with Crippen LogP contribution in [-0.4, -0.2) is 40.8 Å². The van der Waals surface area contributed by atoms with E-state index in [-0.39, 0.29) is 6.42 Å². The molecule has 3 N–H and O–H groups in total. The Bertz CT molecular complexity index is 580. The lowest BCUT2D eigenvalue weighted by Crippen LogP contribution is -2.52. The Labute approximate surface area is 141 Å². The van der Waals surface area contributed by atoms with Crippen molar-refractivity contribution in [3.05, 3.63) is 35.9 Å². The van der Waals surface area contributed by atoms with Gasteiger partial charge in [0.15, 0.2) is 0 Å². The number of nitrogens with one attached hydrogen (secondary N) is 2. The first-order chi connectivity index (χ1) is 11.1. The van der Waals surface area contributed by atoms with E-state index < -0.39 is 35.7 Å². The van der Waals surface area contributed by atoms with Crippen molar-refractivity contribution < 1.29 is 24.2 Å². The third-order valence-electron chi connectivity index (χ3n) is 3.02. The third-order valence-corrected chi connectivity index (χ3v) is 3.02. The molecule has 1 aromatic carbocycles. The Morgan fingerprint density at radius 1 is 1.12 bits per heavy atom. The highest BCUT2D eigenvalue weighted by atomic mass is 16.6. The molecule has 7 nitrogen and oxygen atoms in total. The average molecular weight is 336 g/mol. The molecule has 0 spiro atoms. The van der Waals surface area contributed by atoms with Crippen molar-refractivity contribution in [2.75, 3.05) is 0 Å². The molecule has 1 rings (SSSR count). The molecular formula is C17H24N2O5. The summed E-state index contributed by atoms with van der Waals surface area (Å²) in [6, 6.07) is 7.11. The maximum atomic E-state index is 12.3. The van der Waals surface area contributed by atoms with Gasteiger partial charge in [-0.3, -0.25) is 9.59 Å². The van der Waals surface area contributed by atoms with Gasteiger partial charge >= 0.3 is 12.1 Å². The van der Waals surface area contributed by atoms with Gasteiger partial charge in [-0.05, 0) is 33.3 Å². The Hall–Kier alpha value is -2.57. The molecule has 0 aliphatic carbocycles. The molecule has 7 heteroatoms. The van der Waals surface area contributed by atoms with Crippen LogP contribution < -0.4 is 10.6 Å². The second kappa shape index (κ2) is 8.33. The number of carboxylic acids is 1. The van der Waals surface area contributed by atoms with Crippen LogP contribution in [0.15, 0.2) is 30.3 Å². The normalized spacial score (nSPS) is 13.5. The maximum absolute atomic E-state index is 12.3. The Balaban J connectivity index is 2.84. The van der Waals surface area contributed by atoms with Crippen LogP contribution in [0.25, 0.3) is 0 Å². The third kappa shape index (κ3) is 7.13. The molecule has 0 saturated carbocycles. The lowest BCUT2D eigenvalue weighted by atomic mass is 10.1. The van der Waals surface area contributed by atoms with Crippen molar-refractivity contribution in [1.82, 2.24) is 10.6 Å². The molecule has 0 saturated heterocycles. The summed E-state index contributed by atoms with van der Waals surface area (Å²) in [5, 5.41) is 13.8. The molecule has 0 heterocycles. The molecular weight excluding hydrogens is 312 g/mol. The van der Waals surface area contributed by atoms with Crippen molar-refractivity contribution in [1.29, 1.82) is 0 Å². The predicted octanol–water partition coefficient (Wildman–Crippen LogP) is 1.71. The van der Waals surface area contributed by atoms with E-state index in [1.165, 1.54) is 6.92 Å². The number of carbonyl (C=O) groups is 3. The van der Waals surface area contributed by atoms with Gasteiger partial charge < -0.3 is 20.5 Å². The van der Waals surface area contributed by atoms with Crippen molar-refractivity contribution >= 4 is 18.0 Å². The fraction of sp³-hybridized carbons (Fsp3) is 0.471. The number of carbonyl (C=O) groups excluding carboxylic acids is 2. The van der Waals surface area contributed by atoms with E-state index in [0.717, 1.165) is 5.56 Å². The number of rotatable bonds is 6. The molecule has 0 aliphatic rings. The maximum Gasteiger partial charge on any atom is 0.408 e. The fourth-order valence-corrected chi connectivity index (χ4v) is 1.88. The molecule has 0 unspecified atom stereocenters. The fourth-order valence-electron chi connectivity index (χ4n) is 1.88. The summed E-state index contributed by atoms with van der Waals surface area (Å²) in [4.78, 5) is 35.2. The van der Waals surface area contributed by atoms with Crippen LogP contribution in [-0.2, 0) is 20.7 Å². The molecule has 2 atom stereocenters. The SMILES string of the molecule is C[C@H](NC(=O)[C@H](Cc1ccccc1)NC(=O)OC(C)(C)C)C(=O)O. The van der Waals surface area contributed by atoms with Crippen LogP contribution in [0, 0.1) is 0 Å². The van der Waals surface area contributed by atoms with Crippen LogP contribution in [0.3, 0.4) is 0 Å². The quantitative estimate of drug-likeness (QED) is 0.733. The summed E-state index contributed by atoms with van der Waals surface area (Å²) >= 11 is 0. The zero-order valence-corrected chi connectivity index (χ0v) is 14.3. The standard InChI is InChI=1S/C17H24N2O5/c1-11(15(21)22)18-14(20)13(10-12-8-6-5-7-9-12)19-16(23)24-17(2,3)4/h5-9,11,13H,10H2,1-4H3,(H,18,20)(H,19,23)(H,21,22)/t11-,13-/m0/s1. The zero-order chi connectivity index (χ0) is 18.3. The van der Waals surface area contributed by atoms with Crippen LogP contribution >= 0.6 is 0 Å². The second-order valence-electron chi connectivity index (χ2n) is 6.46. The lowest BCUT2D eigenvalue weighted by Gasteiger charge is -2.24. The Morgan fingerprint density at radius 2 is 1.71 bits per heavy atom. The van der Waals surface area contributed by atoms with Crippen LogP contribution in [0.2, 0.25) is 0 Å². The number of amides is 2. The van der Waals surface area contributed by atoms with E-state index in [9.17, 15) is 14.4 Å². The van der Waals surface area contributed by atoms with Gasteiger partial charge in [0.25, 0.3) is 0 Å². The minimum atomic E-state index is -1.15. The zero-order valence-electron chi connectivity index (χ0n) is 14.3. The summed E-state index contributed by atoms with van der Waals surface area (Å²) in [6.45, 7) is 6.50. The second-order valence-corrected chi connectivity index (χ2v) is 6.46. The van der Waals surface area contributed by atoms with Gasteiger partial charge in [0, 0.05) is 6.42 Å². The highest BCUT2D eigenvalue weighted by Crippen LogP contribution is 2.09. The molecule has 0 aromatic heterocycles. The topological polar surface area (TPSA) is 105 Å². The van der Waals surface area contributed by atoms with Gasteiger partial charge in [-0.25, -0.2) is 4.79 Å². The molecule has 1 aromatic rings. The number of carboxylic acid groups (broad SMARTS) is 1. The minimum absolute atomic E-state index is 0.220. The lowest BCUT2D eigenvalue weighted by molar-refractivity contribution is -0.141. The Kier molecular flexibility index (Phi) is 6.76. The molecule has 132 valence electrons. The summed E-state index contributed by atoms with van der Waals surface area (Å²) < 4.78 is 5.16. The number of benzene rings is 1. The number of ether oxygens (including phenoxy) is 1. The molecule has 0 bridgehead atoms. The first-order valence-electron chi connectivity index (χ1n) is 7.65. The largest absolute Gasteiger partial charge is 0.480 e. The predicted molar refractivity (Wildman–Crippen MR) is 88.5 cm³/mol. The van der Waals surface area contributed by atoms with E-state index in [0.29, 0.717) is 0 Å². The number of alkyl carbamates (subject to hydrolysis) is 1. The number of hydrogen-bond donors (Lipinski definition) is 3. The van der Waals surface area contributed by atoms with E-state index in [1.54, 1.807) is 20.8 Å². The van der Waals surface area contributed by atoms with Crippen molar-refractivity contribution in [3.63, 3.8) is 0 Å². The summed E-state index contributed by atoms with van der Waals surface area (Å²) in [6.07, 6.45) is -0.514. The van der Waals surface area contributed by atoms with Gasteiger partial charge in [0.05, 0.1) is 0 Å². The summed E-state index contributed by atoms with van der Waals surface area (Å²) in [5.41, 5.74) is 0.128. The summed E-state index contributed by atoms with van der Waals surface area (Å²) in [7, 11) is 0. The number of hydrogen-bond acceptors (Lipinski definition) is 4. The Morgan fingerprint density at radius 3 is 2.21 bits per heavy atom. The van der Waals surface area contributed by atoms with Gasteiger partial charge in [-0.1, -0.05) is 30.3 Å². The monoisotopic (exact) mass is 336 g/mol. The van der Waals surface area contributed by atoms with E-state index in [2.05, 4.69) is 10.6 Å². The molecule has 0 radical (unpaired) electrons. The minimum Gasteiger partial charge on any atom is -0.480 e. The molecule has 2 amide bonds. The summed E-state index contributed by atoms with van der Waals surface area (Å²) in [5.74, 6) is -1.74. The van der Waals surface area contributed by atoms with E-state index in [4.69, 9.17) is 9.84 Å². The van der Waals surface area contributed by atoms with Gasteiger partial charge in [-0.15, -0.1) is 0 Å². The van der Waals surface area contributed by atoms with E-state index in [1.807, 2.05) is 30.3 Å². The van der Waals surface area contributed by atoms with Crippen molar-refractivity contribution in [3.8, 4) is 0 Å². The van der Waals surface area contributed by atoms with Crippen molar-refractivity contribution in [2.24, 2.45) is 0 Å². The molecule has 0 aliphatic heterocycles. The number of aliphatic carboxylic acids is 1. The van der Waals surface area contributed by atoms with Gasteiger partial charge in [0.2, 0.25) is 5.91 Å². The van der Waals surface area contributed by atoms with Gasteiger partial charge in [-0.2, -0.15) is 0 Å². The van der Waals surface area contributed by atoms with Gasteiger partial charge in [0.1, 0.15) is 17.7 Å². The average Bonchev–Trinajstić information content (AvgIpc) is 2.45. The smallest absolute Gasteiger partial charge is 0.408 e. The van der Waals surface area contributed by atoms with E-state index >= 15 is 0 Å². The highest BCUT2D eigenvalue weighted by Gasteiger charge is 2.26. The molecule has 24 heavy (non-hydrogen) atoms. The van der Waals surface area contributed by atoms with Crippen LogP contribution in [0.1, 0.15) is 33.3 Å². The van der Waals surface area contributed by atoms with Crippen LogP contribution in [0.5, 0.6) is 0 Å². The van der Waals surface area contributed by atoms with Crippen molar-refractivity contribution in [2.45, 2.75) is 51.8 Å². The highest BCUT2D eigenvalue weighted by molar-refractivity contribution is 5.89. The molecule has 0 fully saturated rings. The first-order valence-corrected chi connectivity index (χ1v) is 7.65. The van der Waals surface area contributed by atoms with Crippen LogP contribution in [0.4, 0.5) is 4.79 Å².